The Kier molecular flexibility index (Phi) is 6.23. The molecular formula is C18H18Cl2N2O2. The van der Waals surface area contributed by atoms with E-state index in [9.17, 15) is 9.59 Å². The average Bonchev–Trinajstić information content (AvgIpc) is 2.56. The van der Waals surface area contributed by atoms with Gasteiger partial charge in [-0.2, -0.15) is 0 Å². The summed E-state index contributed by atoms with van der Waals surface area (Å²) in [5.41, 5.74) is 2.04. The van der Waals surface area contributed by atoms with Crippen LogP contribution in [0.25, 0.3) is 0 Å². The van der Waals surface area contributed by atoms with Gasteiger partial charge in [-0.05, 0) is 35.4 Å². The summed E-state index contributed by atoms with van der Waals surface area (Å²) < 4.78 is 0. The molecule has 6 heteroatoms. The first-order valence-electron chi connectivity index (χ1n) is 7.38. The highest BCUT2D eigenvalue weighted by atomic mass is 35.5. The summed E-state index contributed by atoms with van der Waals surface area (Å²) in [5, 5.41) is 3.75. The zero-order valence-electron chi connectivity index (χ0n) is 13.5. The van der Waals surface area contributed by atoms with E-state index in [0.29, 0.717) is 27.7 Å². The standard InChI is InChI=1S/C18H18Cl2N2O2/c1-22(2)18(24)13-6-3-5-12(9-13)11-21-17(23)10-14-15(19)7-4-8-16(14)20/h3-9H,10-11H2,1-2H3,(H,21,23). The number of nitrogens with one attached hydrogen (secondary N) is 1. The lowest BCUT2D eigenvalue weighted by Crippen LogP contribution is -2.25. The Balaban J connectivity index is 1.99. The van der Waals surface area contributed by atoms with Gasteiger partial charge in [-0.15, -0.1) is 0 Å². The Labute approximate surface area is 151 Å². The SMILES string of the molecule is CN(C)C(=O)c1cccc(CNC(=O)Cc2c(Cl)cccc2Cl)c1. The lowest BCUT2D eigenvalue weighted by molar-refractivity contribution is -0.120. The van der Waals surface area contributed by atoms with Gasteiger partial charge in [-0.1, -0.05) is 41.4 Å². The van der Waals surface area contributed by atoms with Crippen molar-refractivity contribution in [2.75, 3.05) is 14.1 Å². The summed E-state index contributed by atoms with van der Waals surface area (Å²) in [7, 11) is 3.40. The Bertz CT molecular complexity index is 740. The molecule has 0 aromatic heterocycles. The van der Waals surface area contributed by atoms with Crippen LogP contribution in [-0.4, -0.2) is 30.8 Å². The van der Waals surface area contributed by atoms with Gasteiger partial charge in [0.05, 0.1) is 6.42 Å². The molecule has 2 amide bonds. The van der Waals surface area contributed by atoms with Crippen molar-refractivity contribution in [3.63, 3.8) is 0 Å². The number of nitrogens with zero attached hydrogens (tertiary/aromatic N) is 1. The van der Waals surface area contributed by atoms with E-state index in [2.05, 4.69) is 5.32 Å². The van der Waals surface area contributed by atoms with Crippen molar-refractivity contribution < 1.29 is 9.59 Å². The number of hydrogen-bond acceptors (Lipinski definition) is 2. The van der Waals surface area contributed by atoms with Crippen molar-refractivity contribution >= 4 is 35.0 Å². The maximum atomic E-state index is 12.1. The molecule has 0 fully saturated rings. The zero-order chi connectivity index (χ0) is 17.7. The molecule has 126 valence electrons. The fourth-order valence-corrected chi connectivity index (χ4v) is 2.73. The third-order valence-corrected chi connectivity index (χ3v) is 4.18. The summed E-state index contributed by atoms with van der Waals surface area (Å²) in [6.07, 6.45) is 0.106. The molecule has 1 N–H and O–H groups in total. The Morgan fingerprint density at radius 1 is 1.04 bits per heavy atom. The Morgan fingerprint density at radius 3 is 2.29 bits per heavy atom. The van der Waals surface area contributed by atoms with Crippen molar-refractivity contribution in [1.29, 1.82) is 0 Å². The third-order valence-electron chi connectivity index (χ3n) is 3.47. The fourth-order valence-electron chi connectivity index (χ4n) is 2.20. The molecule has 24 heavy (non-hydrogen) atoms. The van der Waals surface area contributed by atoms with Gasteiger partial charge in [0.15, 0.2) is 0 Å². The first kappa shape index (κ1) is 18.3. The molecular weight excluding hydrogens is 347 g/mol. The predicted molar refractivity (Wildman–Crippen MR) is 96.5 cm³/mol. The summed E-state index contributed by atoms with van der Waals surface area (Å²) in [6.45, 7) is 0.329. The summed E-state index contributed by atoms with van der Waals surface area (Å²) in [5.74, 6) is -0.264. The smallest absolute Gasteiger partial charge is 0.253 e. The third kappa shape index (κ3) is 4.73. The number of hydrogen-bond donors (Lipinski definition) is 1. The molecule has 0 aliphatic rings. The van der Waals surface area contributed by atoms with E-state index in [1.165, 1.54) is 4.90 Å². The normalized spacial score (nSPS) is 10.3. The molecule has 0 bridgehead atoms. The molecule has 0 saturated heterocycles. The molecule has 0 heterocycles. The predicted octanol–water partition coefficient (Wildman–Crippen LogP) is 3.55. The molecule has 0 aliphatic carbocycles. The molecule has 0 spiro atoms. The van der Waals surface area contributed by atoms with E-state index >= 15 is 0 Å². The topological polar surface area (TPSA) is 49.4 Å². The number of benzene rings is 2. The van der Waals surface area contributed by atoms with Crippen LogP contribution in [0.5, 0.6) is 0 Å². The van der Waals surface area contributed by atoms with Gasteiger partial charge < -0.3 is 10.2 Å². The zero-order valence-corrected chi connectivity index (χ0v) is 15.0. The van der Waals surface area contributed by atoms with E-state index < -0.39 is 0 Å². The van der Waals surface area contributed by atoms with Crippen LogP contribution in [0.1, 0.15) is 21.5 Å². The number of carbonyl (C=O) groups excluding carboxylic acids is 2. The Morgan fingerprint density at radius 2 is 1.67 bits per heavy atom. The van der Waals surface area contributed by atoms with Crippen LogP contribution < -0.4 is 5.32 Å². The van der Waals surface area contributed by atoms with Crippen LogP contribution in [-0.2, 0) is 17.8 Å². The highest BCUT2D eigenvalue weighted by Gasteiger charge is 2.12. The average molecular weight is 365 g/mol. The van der Waals surface area contributed by atoms with Gasteiger partial charge in [0.1, 0.15) is 0 Å². The molecule has 0 saturated carbocycles. The van der Waals surface area contributed by atoms with Crippen molar-refractivity contribution in [1.82, 2.24) is 10.2 Å². The summed E-state index contributed by atoms with van der Waals surface area (Å²) >= 11 is 12.1. The van der Waals surface area contributed by atoms with Crippen LogP contribution in [0.3, 0.4) is 0 Å². The van der Waals surface area contributed by atoms with Gasteiger partial charge in [0, 0.05) is 36.2 Å². The largest absolute Gasteiger partial charge is 0.352 e. The molecule has 2 aromatic carbocycles. The molecule has 2 rings (SSSR count). The van der Waals surface area contributed by atoms with Gasteiger partial charge in [0.25, 0.3) is 5.91 Å². The number of halogens is 2. The van der Waals surface area contributed by atoms with E-state index in [0.717, 1.165) is 5.56 Å². The molecule has 0 atom stereocenters. The molecule has 0 unspecified atom stereocenters. The summed E-state index contributed by atoms with van der Waals surface area (Å²) in [4.78, 5) is 25.6. The van der Waals surface area contributed by atoms with Crippen molar-refractivity contribution in [3.05, 3.63) is 69.2 Å². The van der Waals surface area contributed by atoms with E-state index in [1.54, 1.807) is 50.5 Å². The van der Waals surface area contributed by atoms with Crippen LogP contribution >= 0.6 is 23.2 Å². The minimum Gasteiger partial charge on any atom is -0.352 e. The van der Waals surface area contributed by atoms with Crippen LogP contribution in [0.2, 0.25) is 10.0 Å². The maximum absolute atomic E-state index is 12.1. The van der Waals surface area contributed by atoms with Gasteiger partial charge >= 0.3 is 0 Å². The quantitative estimate of drug-likeness (QED) is 0.881. The molecule has 0 aliphatic heterocycles. The second-order valence-electron chi connectivity index (χ2n) is 5.55. The monoisotopic (exact) mass is 364 g/mol. The van der Waals surface area contributed by atoms with Crippen molar-refractivity contribution in [3.8, 4) is 0 Å². The van der Waals surface area contributed by atoms with E-state index in [4.69, 9.17) is 23.2 Å². The minimum absolute atomic E-state index is 0.0778. The minimum atomic E-state index is -0.186. The lowest BCUT2D eigenvalue weighted by Gasteiger charge is -2.12. The van der Waals surface area contributed by atoms with Gasteiger partial charge in [0.2, 0.25) is 5.91 Å². The van der Waals surface area contributed by atoms with E-state index in [-0.39, 0.29) is 18.2 Å². The lowest BCUT2D eigenvalue weighted by atomic mass is 10.1. The van der Waals surface area contributed by atoms with Crippen LogP contribution in [0.15, 0.2) is 42.5 Å². The fraction of sp³-hybridized carbons (Fsp3) is 0.222. The van der Waals surface area contributed by atoms with E-state index in [1.807, 2.05) is 6.07 Å². The molecule has 4 nitrogen and oxygen atoms in total. The highest BCUT2D eigenvalue weighted by Crippen LogP contribution is 2.24. The van der Waals surface area contributed by atoms with Crippen molar-refractivity contribution in [2.24, 2.45) is 0 Å². The van der Waals surface area contributed by atoms with Gasteiger partial charge in [-0.25, -0.2) is 0 Å². The number of rotatable bonds is 5. The van der Waals surface area contributed by atoms with Crippen molar-refractivity contribution in [2.45, 2.75) is 13.0 Å². The highest BCUT2D eigenvalue weighted by molar-refractivity contribution is 6.36. The first-order chi connectivity index (χ1) is 11.4. The number of amides is 2. The second kappa shape index (κ2) is 8.18. The maximum Gasteiger partial charge on any atom is 0.253 e. The molecule has 2 aromatic rings. The number of carbonyl (C=O) groups is 2. The summed E-state index contributed by atoms with van der Waals surface area (Å²) in [6, 6.07) is 12.3. The second-order valence-corrected chi connectivity index (χ2v) is 6.37. The molecule has 0 radical (unpaired) electrons. The van der Waals surface area contributed by atoms with Gasteiger partial charge in [-0.3, -0.25) is 9.59 Å². The Hall–Kier alpha value is -2.04. The van der Waals surface area contributed by atoms with Crippen LogP contribution in [0, 0.1) is 0 Å². The first-order valence-corrected chi connectivity index (χ1v) is 8.14. The van der Waals surface area contributed by atoms with Crippen LogP contribution in [0.4, 0.5) is 0 Å².